The summed E-state index contributed by atoms with van der Waals surface area (Å²) in [5, 5.41) is 38.7. The van der Waals surface area contributed by atoms with Gasteiger partial charge in [-0.3, -0.25) is 24.3 Å². The van der Waals surface area contributed by atoms with Crippen LogP contribution in [0.1, 0.15) is 123 Å². The zero-order chi connectivity index (χ0) is 83.9. The quantitative estimate of drug-likeness (QED) is 0.0328. The number of halogens is 20. The first kappa shape index (κ1) is 127. The molecule has 0 bridgehead atoms. The van der Waals surface area contributed by atoms with Crippen molar-refractivity contribution in [3.63, 3.8) is 0 Å². The van der Waals surface area contributed by atoms with Crippen molar-refractivity contribution < 1.29 is 410 Å². The van der Waals surface area contributed by atoms with Gasteiger partial charge < -0.3 is 82.7 Å². The zero-order valence-corrected chi connectivity index (χ0v) is 65.1. The van der Waals surface area contributed by atoms with E-state index in [1.165, 1.54) is 0 Å². The van der Waals surface area contributed by atoms with Crippen LogP contribution >= 0.6 is 0 Å². The molecule has 0 spiro atoms. The van der Waals surface area contributed by atoms with E-state index in [1.807, 2.05) is 13.8 Å². The molecule has 0 fully saturated rings. The molecule has 0 aliphatic rings. The molecule has 0 radical (unpaired) electrons. The second-order valence-electron chi connectivity index (χ2n) is 17.7. The average molecular weight is 1690 g/mol. The summed E-state index contributed by atoms with van der Waals surface area (Å²) in [5.41, 5.74) is -3.52. The molecule has 106 heavy (non-hydrogen) atoms. The predicted octanol–water partition coefficient (Wildman–Crippen LogP) is 1.50. The summed E-state index contributed by atoms with van der Waals surface area (Å²) in [4.78, 5) is 163. The maximum Gasteiger partial charge on any atom is 1.00 e. The van der Waals surface area contributed by atoms with E-state index in [1.54, 1.807) is 41.5 Å². The molecule has 0 rings (SSSR count). The number of carboxylic acid groups (broad SMARTS) is 2. The van der Waals surface area contributed by atoms with Gasteiger partial charge in [0.2, 0.25) is 17.9 Å². The molecule has 0 saturated heterocycles. The fraction of sp³-hybridized carbons (Fsp3) is 0.705. The smallest absolute Gasteiger partial charge is 0.755 e. The normalized spacial score (nSPS) is 11.1. The first-order valence-electron chi connectivity index (χ1n) is 25.1. The van der Waals surface area contributed by atoms with Crippen molar-refractivity contribution in [1.29, 1.82) is 0 Å². The molecular weight excluding hydrogens is 1630 g/mol. The van der Waals surface area contributed by atoms with Crippen LogP contribution in [0.4, 0.5) is 141 Å². The number of carbonyl (C=O) groups is 13. The van der Waals surface area contributed by atoms with E-state index in [0.717, 1.165) is 39.5 Å². The van der Waals surface area contributed by atoms with Crippen molar-refractivity contribution in [2.24, 2.45) is 11.8 Å². The Morgan fingerprint density at radius 2 is 0.764 bits per heavy atom. The van der Waals surface area contributed by atoms with Crippen molar-refractivity contribution >= 4 is 79.8 Å². The Hall–Kier alpha value is -5.50. The molecule has 0 aromatic carbocycles. The molecule has 39 nitrogen and oxygen atoms in total. The molecule has 2 atom stereocenters. The number of esters is 2. The fourth-order valence-corrected chi connectivity index (χ4v) is 2.92. The van der Waals surface area contributed by atoms with Crippen LogP contribution in [0, 0.1) is 11.8 Å². The maximum atomic E-state index is 12.1. The molecule has 0 saturated carbocycles. The minimum Gasteiger partial charge on any atom is -0.755 e. The Morgan fingerprint density at radius 3 is 1.03 bits per heavy atom. The van der Waals surface area contributed by atoms with Crippen molar-refractivity contribution in [3.8, 4) is 0 Å². The molecular formula is C44H56F20K2NaO39-. The summed E-state index contributed by atoms with van der Waals surface area (Å²) in [7, 11) is 0. The number of alkyl halides is 18. The Labute approximate surface area is 685 Å². The van der Waals surface area contributed by atoms with E-state index in [0.29, 0.717) is 26.4 Å². The minimum atomic E-state index is -5.42. The number of rotatable bonds is 15. The van der Waals surface area contributed by atoms with E-state index < -0.39 is 129 Å². The Bertz CT molecular complexity index is 2470. The van der Waals surface area contributed by atoms with Gasteiger partial charge in [0.1, 0.15) is 6.10 Å². The summed E-state index contributed by atoms with van der Waals surface area (Å²) in [6.07, 6.45) is -49.4. The molecule has 0 N–H and O–H groups in total. The minimum absolute atomic E-state index is 0. The van der Waals surface area contributed by atoms with E-state index in [-0.39, 0.29) is 150 Å². The van der Waals surface area contributed by atoms with Gasteiger partial charge in [0.15, 0.2) is 0 Å². The Balaban J connectivity index is -0.0000000952. The Morgan fingerprint density at radius 1 is 0.425 bits per heavy atom. The van der Waals surface area contributed by atoms with E-state index >= 15 is 0 Å². The van der Waals surface area contributed by atoms with Crippen LogP contribution in [-0.4, -0.2) is 148 Å². The summed E-state index contributed by atoms with van der Waals surface area (Å²) in [6, 6.07) is 0. The van der Waals surface area contributed by atoms with Gasteiger partial charge in [0, 0.05) is 13.8 Å². The van der Waals surface area contributed by atoms with Crippen molar-refractivity contribution in [1.82, 2.24) is 0 Å². The number of ether oxygens (including phenoxy) is 9. The molecule has 0 heterocycles. The van der Waals surface area contributed by atoms with Gasteiger partial charge in [-0.1, -0.05) is 61.6 Å². The van der Waals surface area contributed by atoms with Crippen molar-refractivity contribution in [2.45, 2.75) is 184 Å². The molecule has 0 amide bonds. The van der Waals surface area contributed by atoms with Crippen LogP contribution < -0.4 is 153 Å². The third kappa shape index (κ3) is 122. The number of unbranched alkanes of at least 4 members (excludes halogenated alkanes) is 1. The van der Waals surface area contributed by atoms with Crippen LogP contribution in [0.5, 0.6) is 0 Å². The van der Waals surface area contributed by atoms with Gasteiger partial charge >= 0.3 is 238 Å². The average Bonchev–Trinajstić information content (AvgIpc) is 0.835. The molecule has 0 aromatic heterocycles. The molecule has 0 aromatic rings. The zero-order valence-electron chi connectivity index (χ0n) is 56.8. The van der Waals surface area contributed by atoms with E-state index in [9.17, 15) is 141 Å². The van der Waals surface area contributed by atoms with E-state index in [4.69, 9.17) is 44.7 Å². The summed E-state index contributed by atoms with van der Waals surface area (Å²) >= 11 is 0. The third-order valence-electron chi connectivity index (χ3n) is 6.88. The molecule has 62 heteroatoms. The SMILES string of the molecule is CC(=O)OC(=O)OC(C)C.CC(=O)OC(=O)OC(C)C(C)C.CC(C)(OC(=O)OOC(F)(F)F)C(F)(F)F.CCCCC(CC)COC(=O)OOOC(C)(C)C.O=C(F)OC(=O)OOC(F)(F)F.O=C(F)OOC(=O)OC(F)(F)F.O=C(OOC(F)(F)F)OC(F)(F)F.O=C([O-])O[O-].O=C([O-])O[O-].[K+].[K+].[Na+]. The monoisotopic (exact) mass is 1690 g/mol. The standard InChI is InChI=1S/C13H26O5.C8H14O4.C6H6F6O4.C6H10O4.C3F6O4.2C3F4O5.2CH2O4.2K.Na/c1-6-8-9-11(7-2)10-15-12(14)16-18-17-13(3,4)5;1-5(2)6(3)11-8(10)12-7(4)9;1-4(2,5(7,8)9)14-3(13)15-16-6(10,11)12;1-4(2)9-6(8)10-5(3)7;4-2(5,6)11-1(10)12-13-3(7,8)9;4-1(8)11-12-2(9)10-3(5,6)7;4-1(8)10-2(9)11-12-3(5,6)7;2*2-1(3)5-4;;;/h11H,6-10H2,1-5H3;5-6H,1-4H3;1-2H3;4H,1-3H3;;;;2*4H,(H,2,3);;;/q;;;;;;;;;3*+1/p-4. The van der Waals surface area contributed by atoms with Gasteiger partial charge in [-0.05, 0) is 78.7 Å². The molecule has 610 valence electrons. The van der Waals surface area contributed by atoms with Gasteiger partial charge in [0.05, 0.1) is 18.3 Å². The molecule has 0 aliphatic carbocycles. The second-order valence-corrected chi connectivity index (χ2v) is 17.7. The Kier molecular flexibility index (Phi) is 79.7. The third-order valence-corrected chi connectivity index (χ3v) is 6.88. The first-order chi connectivity index (χ1) is 45.9. The predicted molar refractivity (Wildman–Crippen MR) is 255 cm³/mol. The number of hydrogen-bond donors (Lipinski definition) is 0. The van der Waals surface area contributed by atoms with Gasteiger partial charge in [0.25, 0.3) is 0 Å². The van der Waals surface area contributed by atoms with Crippen molar-refractivity contribution in [2.75, 3.05) is 6.61 Å². The van der Waals surface area contributed by atoms with Crippen LogP contribution in [0.2, 0.25) is 0 Å². The summed E-state index contributed by atoms with van der Waals surface area (Å²) in [6.45, 7) is 22.0. The molecule has 0 aliphatic heterocycles. The van der Waals surface area contributed by atoms with Crippen LogP contribution in [-0.2, 0) is 116 Å². The summed E-state index contributed by atoms with van der Waals surface area (Å²) in [5.74, 6) is -0.729. The van der Waals surface area contributed by atoms with Gasteiger partial charge in [-0.25, -0.2) is 53.0 Å². The fourth-order valence-electron chi connectivity index (χ4n) is 2.92. The van der Waals surface area contributed by atoms with Gasteiger partial charge in [-0.2, -0.15) is 22.9 Å². The largest absolute Gasteiger partial charge is 1.00 e. The number of hydrogen-bond acceptors (Lipinski definition) is 39. The van der Waals surface area contributed by atoms with Crippen molar-refractivity contribution in [3.05, 3.63) is 0 Å². The van der Waals surface area contributed by atoms with E-state index in [2.05, 4.69) is 106 Å². The van der Waals surface area contributed by atoms with Crippen LogP contribution in [0.15, 0.2) is 0 Å². The number of carbonyl (C=O) groups excluding carboxylic acids is 13. The molecule has 2 unspecified atom stereocenters. The topological polar surface area (TPSA) is 517 Å². The van der Waals surface area contributed by atoms with Gasteiger partial charge in [-0.15, -0.1) is 74.6 Å². The summed E-state index contributed by atoms with van der Waals surface area (Å²) < 4.78 is 258. The second kappa shape index (κ2) is 66.5. The first-order valence-corrected chi connectivity index (χ1v) is 25.1. The van der Waals surface area contributed by atoms with Crippen LogP contribution in [0.25, 0.3) is 0 Å². The van der Waals surface area contributed by atoms with Crippen LogP contribution in [0.3, 0.4) is 0 Å². The maximum absolute atomic E-state index is 12.1.